The number of aryl methyl sites for hydroxylation is 1. The summed E-state index contributed by atoms with van der Waals surface area (Å²) in [5, 5.41) is 8.86. The number of sulfonamides is 1. The van der Waals surface area contributed by atoms with Crippen molar-refractivity contribution in [2.24, 2.45) is 0 Å². The molecule has 20 heavy (non-hydrogen) atoms. The Kier molecular flexibility index (Phi) is 4.85. The van der Waals surface area contributed by atoms with Crippen LogP contribution in [0.4, 0.5) is 5.69 Å². The van der Waals surface area contributed by atoms with Gasteiger partial charge in [0.1, 0.15) is 4.21 Å². The molecule has 108 valence electrons. The highest BCUT2D eigenvalue weighted by molar-refractivity contribution is 9.10. The highest BCUT2D eigenvalue weighted by atomic mass is 79.9. The summed E-state index contributed by atoms with van der Waals surface area (Å²) in [4.78, 5) is 0.847. The molecule has 0 amide bonds. The molecule has 1 aromatic heterocycles. The molecule has 0 unspecified atom stereocenters. The van der Waals surface area contributed by atoms with E-state index in [1.54, 1.807) is 30.3 Å². The number of rotatable bonds is 5. The monoisotopic (exact) mass is 375 g/mol. The number of halogens is 1. The van der Waals surface area contributed by atoms with Crippen molar-refractivity contribution in [3.05, 3.63) is 45.2 Å². The molecule has 0 radical (unpaired) electrons. The zero-order valence-electron chi connectivity index (χ0n) is 10.8. The Balaban J connectivity index is 2.23. The second-order valence-electron chi connectivity index (χ2n) is 4.26. The van der Waals surface area contributed by atoms with E-state index in [1.165, 1.54) is 11.3 Å². The fourth-order valence-electron chi connectivity index (χ4n) is 1.66. The van der Waals surface area contributed by atoms with Gasteiger partial charge in [0.25, 0.3) is 10.0 Å². The Morgan fingerprint density at radius 1 is 1.30 bits per heavy atom. The molecule has 0 aliphatic carbocycles. The number of anilines is 1. The number of nitrogens with one attached hydrogen (secondary N) is 1. The summed E-state index contributed by atoms with van der Waals surface area (Å²) in [6.07, 6.45) is 0.470. The molecule has 0 bridgehead atoms. The van der Waals surface area contributed by atoms with E-state index in [0.29, 0.717) is 12.1 Å². The van der Waals surface area contributed by atoms with Crippen LogP contribution in [0.3, 0.4) is 0 Å². The quantitative estimate of drug-likeness (QED) is 0.843. The summed E-state index contributed by atoms with van der Waals surface area (Å²) >= 11 is 4.55. The van der Waals surface area contributed by atoms with E-state index >= 15 is 0 Å². The number of aliphatic hydroxyl groups is 1. The van der Waals surface area contributed by atoms with Gasteiger partial charge in [0.2, 0.25) is 0 Å². The molecule has 1 aromatic carbocycles. The van der Waals surface area contributed by atoms with Crippen molar-refractivity contribution in [3.63, 3.8) is 0 Å². The number of hydrogen-bond acceptors (Lipinski definition) is 4. The van der Waals surface area contributed by atoms with Gasteiger partial charge in [0, 0.05) is 28.1 Å². The van der Waals surface area contributed by atoms with Gasteiger partial charge in [-0.2, -0.15) is 0 Å². The van der Waals surface area contributed by atoms with Crippen molar-refractivity contribution in [2.45, 2.75) is 17.6 Å². The van der Waals surface area contributed by atoms with Crippen LogP contribution in [0.1, 0.15) is 10.4 Å². The third kappa shape index (κ3) is 3.60. The Labute approximate surface area is 130 Å². The van der Waals surface area contributed by atoms with Gasteiger partial charge in [-0.05, 0) is 42.8 Å². The first kappa shape index (κ1) is 15.5. The summed E-state index contributed by atoms with van der Waals surface area (Å²) in [7, 11) is -3.57. The summed E-state index contributed by atoms with van der Waals surface area (Å²) in [5.41, 5.74) is 1.49. The predicted molar refractivity (Wildman–Crippen MR) is 84.8 cm³/mol. The Morgan fingerprint density at radius 2 is 2.05 bits per heavy atom. The molecule has 0 aliphatic heterocycles. The fraction of sp³-hybridized carbons (Fsp3) is 0.231. The normalized spacial score (nSPS) is 11.6. The van der Waals surface area contributed by atoms with Crippen LogP contribution >= 0.6 is 27.3 Å². The summed E-state index contributed by atoms with van der Waals surface area (Å²) in [5.74, 6) is 0. The SMILES string of the molecule is Cc1cc(NS(=O)(=O)c2ccc(CCO)s2)ccc1Br. The van der Waals surface area contributed by atoms with Gasteiger partial charge in [0.15, 0.2) is 0 Å². The van der Waals surface area contributed by atoms with Gasteiger partial charge in [-0.3, -0.25) is 4.72 Å². The second-order valence-corrected chi connectivity index (χ2v) is 8.20. The number of aliphatic hydroxyl groups excluding tert-OH is 1. The van der Waals surface area contributed by atoms with Crippen LogP contribution in [0, 0.1) is 6.92 Å². The topological polar surface area (TPSA) is 66.4 Å². The Bertz CT molecular complexity index is 710. The first-order chi connectivity index (χ1) is 9.42. The Morgan fingerprint density at radius 3 is 2.70 bits per heavy atom. The zero-order valence-corrected chi connectivity index (χ0v) is 14.0. The molecular formula is C13H14BrNO3S2. The lowest BCUT2D eigenvalue weighted by molar-refractivity contribution is 0.300. The lowest BCUT2D eigenvalue weighted by atomic mass is 10.2. The standard InChI is InChI=1S/C13H14BrNO3S2/c1-9-8-10(2-4-12(9)14)15-20(17,18)13-5-3-11(19-13)6-7-16/h2-5,8,15-16H,6-7H2,1H3. The average molecular weight is 376 g/mol. The third-order valence-electron chi connectivity index (χ3n) is 2.67. The van der Waals surface area contributed by atoms with Crippen LogP contribution in [0.25, 0.3) is 0 Å². The van der Waals surface area contributed by atoms with Gasteiger partial charge < -0.3 is 5.11 Å². The van der Waals surface area contributed by atoms with E-state index in [0.717, 1.165) is 14.9 Å². The van der Waals surface area contributed by atoms with Crippen LogP contribution < -0.4 is 4.72 Å². The maximum Gasteiger partial charge on any atom is 0.271 e. The smallest absolute Gasteiger partial charge is 0.271 e. The van der Waals surface area contributed by atoms with Gasteiger partial charge in [0.05, 0.1) is 0 Å². The number of hydrogen-bond donors (Lipinski definition) is 2. The molecule has 0 aliphatic rings. The van der Waals surface area contributed by atoms with Gasteiger partial charge in [-0.15, -0.1) is 11.3 Å². The molecule has 0 saturated carbocycles. The molecule has 7 heteroatoms. The van der Waals surface area contributed by atoms with Crippen molar-refractivity contribution < 1.29 is 13.5 Å². The zero-order chi connectivity index (χ0) is 14.8. The van der Waals surface area contributed by atoms with E-state index in [-0.39, 0.29) is 10.8 Å². The van der Waals surface area contributed by atoms with Crippen molar-refractivity contribution in [3.8, 4) is 0 Å². The van der Waals surface area contributed by atoms with Crippen LogP contribution in [0.15, 0.2) is 39.0 Å². The summed E-state index contributed by atoms with van der Waals surface area (Å²) in [6.45, 7) is 1.91. The van der Waals surface area contributed by atoms with Crippen molar-refractivity contribution in [2.75, 3.05) is 11.3 Å². The van der Waals surface area contributed by atoms with E-state index in [2.05, 4.69) is 20.7 Å². The molecule has 0 fully saturated rings. The van der Waals surface area contributed by atoms with E-state index in [1.807, 2.05) is 6.92 Å². The minimum absolute atomic E-state index is 0.0132. The highest BCUT2D eigenvalue weighted by Crippen LogP contribution is 2.26. The summed E-state index contributed by atoms with van der Waals surface area (Å²) < 4.78 is 28.2. The highest BCUT2D eigenvalue weighted by Gasteiger charge is 2.17. The van der Waals surface area contributed by atoms with E-state index in [9.17, 15) is 8.42 Å². The van der Waals surface area contributed by atoms with Crippen LogP contribution in [-0.4, -0.2) is 20.1 Å². The molecule has 0 atom stereocenters. The lowest BCUT2D eigenvalue weighted by Gasteiger charge is -2.07. The molecule has 0 spiro atoms. The molecule has 2 N–H and O–H groups in total. The molecule has 1 heterocycles. The van der Waals surface area contributed by atoms with Crippen LogP contribution in [0.5, 0.6) is 0 Å². The molecule has 4 nitrogen and oxygen atoms in total. The van der Waals surface area contributed by atoms with Crippen LogP contribution in [-0.2, 0) is 16.4 Å². The summed E-state index contributed by atoms with van der Waals surface area (Å²) in [6, 6.07) is 8.56. The number of thiophene rings is 1. The van der Waals surface area contributed by atoms with Crippen LogP contribution in [0.2, 0.25) is 0 Å². The first-order valence-corrected chi connectivity index (χ1v) is 9.00. The molecular weight excluding hydrogens is 362 g/mol. The predicted octanol–water partition coefficient (Wildman–Crippen LogP) is 3.15. The first-order valence-electron chi connectivity index (χ1n) is 5.91. The minimum atomic E-state index is -3.57. The maximum absolute atomic E-state index is 12.2. The molecule has 2 aromatic rings. The molecule has 0 saturated heterocycles. The Hall–Kier alpha value is -0.890. The minimum Gasteiger partial charge on any atom is -0.396 e. The lowest BCUT2D eigenvalue weighted by Crippen LogP contribution is -2.11. The second kappa shape index (κ2) is 6.26. The van der Waals surface area contributed by atoms with Gasteiger partial charge >= 0.3 is 0 Å². The largest absolute Gasteiger partial charge is 0.396 e. The van der Waals surface area contributed by atoms with Gasteiger partial charge in [-0.25, -0.2) is 8.42 Å². The van der Waals surface area contributed by atoms with Gasteiger partial charge in [-0.1, -0.05) is 15.9 Å². The van der Waals surface area contributed by atoms with E-state index in [4.69, 9.17) is 5.11 Å². The average Bonchev–Trinajstić information content (AvgIpc) is 2.83. The third-order valence-corrected chi connectivity index (χ3v) is 6.58. The van der Waals surface area contributed by atoms with Crippen molar-refractivity contribution in [1.29, 1.82) is 0 Å². The number of benzene rings is 1. The van der Waals surface area contributed by atoms with E-state index < -0.39 is 10.0 Å². The van der Waals surface area contributed by atoms with Crippen molar-refractivity contribution >= 4 is 43.0 Å². The van der Waals surface area contributed by atoms with Crippen molar-refractivity contribution in [1.82, 2.24) is 0 Å². The maximum atomic E-state index is 12.2. The fourth-order valence-corrected chi connectivity index (χ4v) is 4.30. The molecule has 2 rings (SSSR count).